The Kier molecular flexibility index (Phi) is 3.29. The quantitative estimate of drug-likeness (QED) is 0.804. The van der Waals surface area contributed by atoms with Gasteiger partial charge in [-0.2, -0.15) is 0 Å². The number of carbonyl (C=O) groups is 1. The second kappa shape index (κ2) is 4.70. The van der Waals surface area contributed by atoms with Crippen molar-refractivity contribution in [2.24, 2.45) is 7.05 Å². The number of rotatable bonds is 2. The van der Waals surface area contributed by atoms with Crippen LogP contribution in [0.4, 0.5) is 0 Å². The zero-order chi connectivity index (χ0) is 11.5. The first-order valence-corrected chi connectivity index (χ1v) is 5.79. The van der Waals surface area contributed by atoms with E-state index in [4.69, 9.17) is 0 Å². The van der Waals surface area contributed by atoms with Crippen LogP contribution in [0, 0.1) is 0 Å². The number of nitrogens with one attached hydrogen (secondary N) is 1. The Labute approximate surface area is 96.2 Å². The van der Waals surface area contributed by atoms with Crippen molar-refractivity contribution >= 4 is 5.91 Å². The highest BCUT2D eigenvalue weighted by molar-refractivity contribution is 5.92. The Balaban J connectivity index is 2.06. The molecule has 1 aromatic heterocycles. The summed E-state index contributed by atoms with van der Waals surface area (Å²) in [6.45, 7) is 2.02. The van der Waals surface area contributed by atoms with Crippen LogP contribution in [0.1, 0.15) is 23.3 Å². The highest BCUT2D eigenvalue weighted by Crippen LogP contribution is 2.13. The van der Waals surface area contributed by atoms with Crippen LogP contribution >= 0.6 is 0 Å². The number of hydrogen-bond donors (Lipinski definition) is 1. The van der Waals surface area contributed by atoms with Gasteiger partial charge in [-0.05, 0) is 38.1 Å². The Morgan fingerprint density at radius 2 is 2.19 bits per heavy atom. The number of aryl methyl sites for hydroxylation is 1. The predicted molar refractivity (Wildman–Crippen MR) is 63.4 cm³/mol. The summed E-state index contributed by atoms with van der Waals surface area (Å²) in [6.07, 6.45) is 4.00. The van der Waals surface area contributed by atoms with Crippen molar-refractivity contribution in [1.29, 1.82) is 0 Å². The maximum Gasteiger partial charge on any atom is 0.270 e. The van der Waals surface area contributed by atoms with Gasteiger partial charge in [-0.3, -0.25) is 4.79 Å². The van der Waals surface area contributed by atoms with Crippen molar-refractivity contribution in [2.75, 3.05) is 20.1 Å². The SMILES string of the molecule is CN(C(=O)c1cccn1C)C1CCNCC1. The van der Waals surface area contributed by atoms with Crippen molar-refractivity contribution in [3.63, 3.8) is 0 Å². The normalized spacial score (nSPS) is 17.4. The van der Waals surface area contributed by atoms with Crippen LogP contribution in [0.2, 0.25) is 0 Å². The molecule has 2 heterocycles. The summed E-state index contributed by atoms with van der Waals surface area (Å²) in [5, 5.41) is 3.31. The van der Waals surface area contributed by atoms with Gasteiger partial charge in [-0.15, -0.1) is 0 Å². The first kappa shape index (κ1) is 11.2. The summed E-state index contributed by atoms with van der Waals surface area (Å²) in [4.78, 5) is 14.1. The molecule has 1 aromatic rings. The summed E-state index contributed by atoms with van der Waals surface area (Å²) < 4.78 is 1.87. The Hall–Kier alpha value is -1.29. The van der Waals surface area contributed by atoms with Crippen LogP contribution in [0.25, 0.3) is 0 Å². The molecule has 4 nitrogen and oxygen atoms in total. The van der Waals surface area contributed by atoms with Gasteiger partial charge < -0.3 is 14.8 Å². The van der Waals surface area contributed by atoms with Crippen LogP contribution in [0.5, 0.6) is 0 Å². The molecular formula is C12H19N3O. The number of amides is 1. The first-order chi connectivity index (χ1) is 7.70. The maximum absolute atomic E-state index is 12.2. The lowest BCUT2D eigenvalue weighted by Crippen LogP contribution is -2.44. The van der Waals surface area contributed by atoms with Gasteiger partial charge >= 0.3 is 0 Å². The molecule has 0 unspecified atom stereocenters. The molecule has 16 heavy (non-hydrogen) atoms. The second-order valence-corrected chi connectivity index (χ2v) is 4.40. The molecule has 2 rings (SSSR count). The van der Waals surface area contributed by atoms with Gasteiger partial charge in [-0.1, -0.05) is 0 Å². The van der Waals surface area contributed by atoms with Gasteiger partial charge in [0.2, 0.25) is 0 Å². The zero-order valence-corrected chi connectivity index (χ0v) is 9.94. The van der Waals surface area contributed by atoms with Gasteiger partial charge in [0.15, 0.2) is 0 Å². The average Bonchev–Trinajstić information content (AvgIpc) is 2.75. The monoisotopic (exact) mass is 221 g/mol. The summed E-state index contributed by atoms with van der Waals surface area (Å²) in [5.41, 5.74) is 0.765. The summed E-state index contributed by atoms with van der Waals surface area (Å²) in [5.74, 6) is 0.124. The molecule has 0 spiro atoms. The van der Waals surface area contributed by atoms with E-state index in [1.54, 1.807) is 0 Å². The number of aromatic nitrogens is 1. The molecule has 1 amide bonds. The number of hydrogen-bond acceptors (Lipinski definition) is 2. The third-order valence-corrected chi connectivity index (χ3v) is 3.34. The minimum absolute atomic E-state index is 0.124. The predicted octanol–water partition coefficient (Wildman–Crippen LogP) is 0.849. The average molecular weight is 221 g/mol. The van der Waals surface area contributed by atoms with Crippen molar-refractivity contribution in [2.45, 2.75) is 18.9 Å². The van der Waals surface area contributed by atoms with Crippen LogP contribution in [0.3, 0.4) is 0 Å². The third-order valence-electron chi connectivity index (χ3n) is 3.34. The maximum atomic E-state index is 12.2. The van der Waals surface area contributed by atoms with E-state index in [1.165, 1.54) is 0 Å². The zero-order valence-electron chi connectivity index (χ0n) is 9.94. The minimum Gasteiger partial charge on any atom is -0.347 e. The largest absolute Gasteiger partial charge is 0.347 e. The second-order valence-electron chi connectivity index (χ2n) is 4.40. The van der Waals surface area contributed by atoms with Crippen molar-refractivity contribution in [1.82, 2.24) is 14.8 Å². The van der Waals surface area contributed by atoms with Gasteiger partial charge in [0.05, 0.1) is 0 Å². The molecule has 0 aromatic carbocycles. The summed E-state index contributed by atoms with van der Waals surface area (Å²) >= 11 is 0. The molecule has 1 aliphatic heterocycles. The van der Waals surface area contributed by atoms with Gasteiger partial charge in [0.1, 0.15) is 5.69 Å². The molecule has 1 fully saturated rings. The van der Waals surface area contributed by atoms with E-state index in [-0.39, 0.29) is 5.91 Å². The van der Waals surface area contributed by atoms with E-state index >= 15 is 0 Å². The lowest BCUT2D eigenvalue weighted by molar-refractivity contribution is 0.0693. The number of nitrogens with zero attached hydrogens (tertiary/aromatic N) is 2. The molecule has 0 radical (unpaired) electrons. The van der Waals surface area contributed by atoms with E-state index in [0.29, 0.717) is 6.04 Å². The number of piperidine rings is 1. The van der Waals surface area contributed by atoms with Crippen LogP contribution in [-0.2, 0) is 7.05 Å². The van der Waals surface area contributed by atoms with Gasteiger partial charge in [0, 0.05) is 26.3 Å². The molecule has 0 bridgehead atoms. The van der Waals surface area contributed by atoms with E-state index in [1.807, 2.05) is 41.9 Å². The minimum atomic E-state index is 0.124. The molecule has 0 aliphatic carbocycles. The van der Waals surface area contributed by atoms with E-state index in [0.717, 1.165) is 31.6 Å². The smallest absolute Gasteiger partial charge is 0.270 e. The fourth-order valence-corrected chi connectivity index (χ4v) is 2.22. The molecule has 0 saturated carbocycles. The fourth-order valence-electron chi connectivity index (χ4n) is 2.22. The van der Waals surface area contributed by atoms with Crippen molar-refractivity contribution in [3.05, 3.63) is 24.0 Å². The lowest BCUT2D eigenvalue weighted by Gasteiger charge is -2.31. The van der Waals surface area contributed by atoms with Crippen molar-refractivity contribution in [3.8, 4) is 0 Å². The number of carbonyl (C=O) groups excluding carboxylic acids is 1. The molecule has 0 atom stereocenters. The van der Waals surface area contributed by atoms with E-state index in [2.05, 4.69) is 5.32 Å². The lowest BCUT2D eigenvalue weighted by atomic mass is 10.1. The van der Waals surface area contributed by atoms with Crippen molar-refractivity contribution < 1.29 is 4.79 Å². The topological polar surface area (TPSA) is 37.3 Å². The Morgan fingerprint density at radius 3 is 2.75 bits per heavy atom. The molecule has 1 N–H and O–H groups in total. The van der Waals surface area contributed by atoms with E-state index < -0.39 is 0 Å². The first-order valence-electron chi connectivity index (χ1n) is 5.79. The Bertz CT molecular complexity index is 366. The molecule has 1 aliphatic rings. The Morgan fingerprint density at radius 1 is 1.50 bits per heavy atom. The highest BCUT2D eigenvalue weighted by Gasteiger charge is 2.23. The molecule has 4 heteroatoms. The van der Waals surface area contributed by atoms with Crippen LogP contribution in [-0.4, -0.2) is 41.6 Å². The standard InChI is InChI=1S/C12H19N3O/c1-14-9-3-4-11(14)12(16)15(2)10-5-7-13-8-6-10/h3-4,9-10,13H,5-8H2,1-2H3. The molecular weight excluding hydrogens is 202 g/mol. The molecule has 1 saturated heterocycles. The van der Waals surface area contributed by atoms with Crippen LogP contribution < -0.4 is 5.32 Å². The fraction of sp³-hybridized carbons (Fsp3) is 0.583. The third kappa shape index (κ3) is 2.11. The molecule has 88 valence electrons. The summed E-state index contributed by atoms with van der Waals surface area (Å²) in [6, 6.07) is 4.16. The summed E-state index contributed by atoms with van der Waals surface area (Å²) in [7, 11) is 3.81. The van der Waals surface area contributed by atoms with Gasteiger partial charge in [-0.25, -0.2) is 0 Å². The van der Waals surface area contributed by atoms with Gasteiger partial charge in [0.25, 0.3) is 5.91 Å². The highest BCUT2D eigenvalue weighted by atomic mass is 16.2. The van der Waals surface area contributed by atoms with E-state index in [9.17, 15) is 4.79 Å². The van der Waals surface area contributed by atoms with Crippen LogP contribution in [0.15, 0.2) is 18.3 Å².